The maximum atomic E-state index is 13.5. The van der Waals surface area contributed by atoms with E-state index >= 15 is 0 Å². The van der Waals surface area contributed by atoms with Gasteiger partial charge in [-0.2, -0.15) is 0 Å². The molecule has 110 valence electrons. The second-order valence-electron chi connectivity index (χ2n) is 4.67. The summed E-state index contributed by atoms with van der Waals surface area (Å²) >= 11 is 0. The predicted octanol–water partition coefficient (Wildman–Crippen LogP) is 1.25. The number of amides is 1. The number of hydrogen-bond acceptors (Lipinski definition) is 4. The minimum Gasteiger partial charge on any atom is -0.493 e. The number of aliphatic hydroxyl groups excluding tert-OH is 1. The van der Waals surface area contributed by atoms with Gasteiger partial charge in [-0.15, -0.1) is 0 Å². The molecule has 1 aromatic carbocycles. The summed E-state index contributed by atoms with van der Waals surface area (Å²) in [5, 5.41) is 9.26. The summed E-state index contributed by atoms with van der Waals surface area (Å²) in [4.78, 5) is 13.9. The number of rotatable bonds is 4. The number of aliphatic hydroxyl groups is 1. The molecule has 0 unspecified atom stereocenters. The van der Waals surface area contributed by atoms with Gasteiger partial charge in [0, 0.05) is 6.42 Å². The first-order chi connectivity index (χ1) is 9.62. The molecule has 0 bridgehead atoms. The monoisotopic (exact) mass is 283 g/mol. The van der Waals surface area contributed by atoms with E-state index in [1.54, 1.807) is 18.2 Å². The normalized spacial score (nSPS) is 21.9. The van der Waals surface area contributed by atoms with Crippen molar-refractivity contribution < 1.29 is 23.8 Å². The van der Waals surface area contributed by atoms with Crippen molar-refractivity contribution in [3.05, 3.63) is 23.8 Å². The zero-order valence-electron chi connectivity index (χ0n) is 11.5. The summed E-state index contributed by atoms with van der Waals surface area (Å²) in [6.45, 7) is -0.261. The number of benzene rings is 1. The van der Waals surface area contributed by atoms with Crippen molar-refractivity contribution in [1.82, 2.24) is 4.90 Å². The van der Waals surface area contributed by atoms with Crippen LogP contribution in [0.4, 0.5) is 4.39 Å². The molecule has 0 radical (unpaired) electrons. The number of ether oxygens (including phenoxy) is 2. The van der Waals surface area contributed by atoms with E-state index in [1.807, 2.05) is 0 Å². The summed E-state index contributed by atoms with van der Waals surface area (Å²) in [5.41, 5.74) is 0.305. The molecule has 5 nitrogen and oxygen atoms in total. The highest BCUT2D eigenvalue weighted by Gasteiger charge is 2.36. The van der Waals surface area contributed by atoms with Crippen molar-refractivity contribution in [1.29, 1.82) is 0 Å². The fourth-order valence-electron chi connectivity index (χ4n) is 2.49. The van der Waals surface area contributed by atoms with Gasteiger partial charge in [0.15, 0.2) is 11.5 Å². The van der Waals surface area contributed by atoms with Gasteiger partial charge in [0.2, 0.25) is 0 Å². The van der Waals surface area contributed by atoms with E-state index in [1.165, 1.54) is 19.1 Å². The minimum absolute atomic E-state index is 0.00950. The van der Waals surface area contributed by atoms with Gasteiger partial charge in [0.25, 0.3) is 5.91 Å². The molecule has 20 heavy (non-hydrogen) atoms. The van der Waals surface area contributed by atoms with Gasteiger partial charge in [-0.05, 0) is 12.1 Å². The first kappa shape index (κ1) is 14.6. The summed E-state index contributed by atoms with van der Waals surface area (Å²) in [7, 11) is 2.93. The topological polar surface area (TPSA) is 59.0 Å². The number of nitrogens with zero attached hydrogens (tertiary/aromatic N) is 1. The van der Waals surface area contributed by atoms with E-state index in [2.05, 4.69) is 0 Å². The Hall–Kier alpha value is -1.82. The van der Waals surface area contributed by atoms with Crippen molar-refractivity contribution in [2.24, 2.45) is 0 Å². The minimum atomic E-state index is -1.10. The van der Waals surface area contributed by atoms with Crippen molar-refractivity contribution in [2.45, 2.75) is 18.6 Å². The van der Waals surface area contributed by atoms with E-state index in [0.29, 0.717) is 17.1 Å². The van der Waals surface area contributed by atoms with Crippen molar-refractivity contribution >= 4 is 5.91 Å². The van der Waals surface area contributed by atoms with Gasteiger partial charge in [-0.3, -0.25) is 4.79 Å². The maximum absolute atomic E-state index is 13.5. The number of alkyl halides is 1. The number of carbonyl (C=O) groups excluding carboxylic acids is 1. The smallest absolute Gasteiger partial charge is 0.258 e. The van der Waals surface area contributed by atoms with Crippen LogP contribution in [0.1, 0.15) is 16.8 Å². The molecule has 0 aliphatic carbocycles. The Balaban J connectivity index is 2.34. The van der Waals surface area contributed by atoms with E-state index < -0.39 is 12.2 Å². The Morgan fingerprint density at radius 1 is 1.45 bits per heavy atom. The SMILES string of the molecule is COc1cccc(C(=O)N2C[C@@H](F)C[C@H]2CO)c1OC. The molecule has 6 heteroatoms. The molecule has 1 aliphatic rings. The molecule has 0 spiro atoms. The number of methoxy groups -OCH3 is 2. The Kier molecular flexibility index (Phi) is 4.44. The van der Waals surface area contributed by atoms with Gasteiger partial charge in [-0.25, -0.2) is 4.39 Å². The molecular formula is C14H18FNO4. The highest BCUT2D eigenvalue weighted by Crippen LogP contribution is 2.33. The van der Waals surface area contributed by atoms with Gasteiger partial charge in [0.05, 0.1) is 39.0 Å². The summed E-state index contributed by atoms with van der Waals surface area (Å²) in [6.07, 6.45) is -0.943. The van der Waals surface area contributed by atoms with E-state index in [-0.39, 0.29) is 25.5 Å². The molecular weight excluding hydrogens is 265 g/mol. The molecule has 1 fully saturated rings. The van der Waals surface area contributed by atoms with Gasteiger partial charge < -0.3 is 19.5 Å². The Morgan fingerprint density at radius 3 is 2.80 bits per heavy atom. The average Bonchev–Trinajstić information content (AvgIpc) is 2.86. The van der Waals surface area contributed by atoms with Crippen LogP contribution in [0, 0.1) is 0 Å². The van der Waals surface area contributed by atoms with Crippen LogP contribution < -0.4 is 9.47 Å². The lowest BCUT2D eigenvalue weighted by atomic mass is 10.1. The van der Waals surface area contributed by atoms with Crippen molar-refractivity contribution in [3.8, 4) is 11.5 Å². The maximum Gasteiger partial charge on any atom is 0.258 e. The van der Waals surface area contributed by atoms with E-state index in [4.69, 9.17) is 9.47 Å². The molecule has 2 atom stereocenters. The van der Waals surface area contributed by atoms with E-state index in [0.717, 1.165) is 0 Å². The quantitative estimate of drug-likeness (QED) is 0.903. The second-order valence-corrected chi connectivity index (χ2v) is 4.67. The summed E-state index contributed by atoms with van der Waals surface area (Å²) in [5.74, 6) is 0.397. The third-order valence-electron chi connectivity index (χ3n) is 3.47. The fourth-order valence-corrected chi connectivity index (χ4v) is 2.49. The average molecular weight is 283 g/mol. The number of likely N-dealkylation sites (tertiary alicyclic amines) is 1. The molecule has 1 amide bonds. The zero-order chi connectivity index (χ0) is 14.7. The standard InChI is InChI=1S/C14H18FNO4/c1-19-12-5-3-4-11(13(12)20-2)14(18)16-7-9(15)6-10(16)8-17/h3-5,9-10,17H,6-8H2,1-2H3/t9-,10-/m0/s1. The number of para-hydroxylation sites is 1. The predicted molar refractivity (Wildman–Crippen MR) is 71.0 cm³/mol. The van der Waals surface area contributed by atoms with Crippen LogP contribution in [-0.4, -0.2) is 55.5 Å². The Labute approximate surface area is 116 Å². The molecule has 1 aliphatic heterocycles. The first-order valence-electron chi connectivity index (χ1n) is 6.39. The van der Waals surface area contributed by atoms with Gasteiger partial charge in [-0.1, -0.05) is 6.07 Å². The highest BCUT2D eigenvalue weighted by molar-refractivity contribution is 5.98. The molecule has 0 aromatic heterocycles. The Morgan fingerprint density at radius 2 is 2.20 bits per heavy atom. The fraction of sp³-hybridized carbons (Fsp3) is 0.500. The van der Waals surface area contributed by atoms with Crippen LogP contribution in [0.2, 0.25) is 0 Å². The number of hydrogen-bond donors (Lipinski definition) is 1. The molecule has 1 N–H and O–H groups in total. The third kappa shape index (κ3) is 2.56. The van der Waals surface area contributed by atoms with Gasteiger partial charge >= 0.3 is 0 Å². The molecule has 1 saturated heterocycles. The highest BCUT2D eigenvalue weighted by atomic mass is 19.1. The van der Waals surface area contributed by atoms with Crippen LogP contribution in [0.3, 0.4) is 0 Å². The van der Waals surface area contributed by atoms with Crippen molar-refractivity contribution in [3.63, 3.8) is 0 Å². The molecule has 2 rings (SSSR count). The van der Waals surface area contributed by atoms with Crippen LogP contribution in [0.5, 0.6) is 11.5 Å². The molecule has 0 saturated carbocycles. The van der Waals surface area contributed by atoms with E-state index in [9.17, 15) is 14.3 Å². The molecule has 1 aromatic rings. The van der Waals surface area contributed by atoms with Gasteiger partial charge in [0.1, 0.15) is 6.17 Å². The summed E-state index contributed by atoms with van der Waals surface area (Å²) in [6, 6.07) is 4.46. The van der Waals surface area contributed by atoms with Crippen LogP contribution in [0.25, 0.3) is 0 Å². The second kappa shape index (κ2) is 6.09. The lowest BCUT2D eigenvalue weighted by Gasteiger charge is -2.24. The molecule has 1 heterocycles. The lowest BCUT2D eigenvalue weighted by molar-refractivity contribution is 0.0669. The number of halogens is 1. The van der Waals surface area contributed by atoms with Crippen LogP contribution in [0.15, 0.2) is 18.2 Å². The lowest BCUT2D eigenvalue weighted by Crippen LogP contribution is -2.38. The first-order valence-corrected chi connectivity index (χ1v) is 6.39. The largest absolute Gasteiger partial charge is 0.493 e. The van der Waals surface area contributed by atoms with Crippen molar-refractivity contribution in [2.75, 3.05) is 27.4 Å². The van der Waals surface area contributed by atoms with Crippen LogP contribution >= 0.6 is 0 Å². The number of carbonyl (C=O) groups is 1. The Bertz CT molecular complexity index is 494. The van der Waals surface area contributed by atoms with Crippen LogP contribution in [-0.2, 0) is 0 Å². The zero-order valence-corrected chi connectivity index (χ0v) is 11.5. The summed E-state index contributed by atoms with van der Waals surface area (Å²) < 4.78 is 23.8. The third-order valence-corrected chi connectivity index (χ3v) is 3.47.